The lowest BCUT2D eigenvalue weighted by atomic mass is 10.3. The summed E-state index contributed by atoms with van der Waals surface area (Å²) in [6, 6.07) is 6.19. The molecule has 0 bridgehead atoms. The summed E-state index contributed by atoms with van der Waals surface area (Å²) in [4.78, 5) is 0. The molecule has 0 aliphatic rings. The monoisotopic (exact) mass is 262 g/mol. The van der Waals surface area contributed by atoms with Crippen LogP contribution in [0.1, 0.15) is 13.8 Å². The third-order valence-corrected chi connectivity index (χ3v) is 6.35. The van der Waals surface area contributed by atoms with E-state index in [1.54, 1.807) is 12.1 Å². The van der Waals surface area contributed by atoms with Crippen molar-refractivity contribution in [2.75, 3.05) is 18.7 Å². The van der Waals surface area contributed by atoms with Crippen LogP contribution in [-0.2, 0) is 8.85 Å². The summed E-state index contributed by atoms with van der Waals surface area (Å²) in [7, 11) is -2.57. The molecule has 0 saturated heterocycles. The zero-order valence-corrected chi connectivity index (χ0v) is 11.3. The smallest absolute Gasteiger partial charge is 0.387 e. The molecule has 0 radical (unpaired) electrons. The van der Waals surface area contributed by atoms with Crippen LogP contribution in [-0.4, -0.2) is 27.3 Å². The maximum atomic E-state index is 12.9. The molecule has 0 heterocycles. The first-order chi connectivity index (χ1) is 7.68. The van der Waals surface area contributed by atoms with Gasteiger partial charge in [-0.25, -0.2) is 4.39 Å². The lowest BCUT2D eigenvalue weighted by molar-refractivity contribution is 0.201. The molecule has 1 aromatic rings. The third-order valence-electron chi connectivity index (χ3n) is 2.21. The number of rotatable bonds is 6. The Morgan fingerprint density at radius 1 is 1.12 bits per heavy atom. The van der Waals surface area contributed by atoms with E-state index in [4.69, 9.17) is 20.5 Å². The van der Waals surface area contributed by atoms with Crippen molar-refractivity contribution in [1.29, 1.82) is 0 Å². The third kappa shape index (κ3) is 3.04. The second kappa shape index (κ2) is 6.35. The molecule has 0 amide bonds. The minimum atomic E-state index is -2.57. The zero-order chi connectivity index (χ0) is 12.0. The highest BCUT2D eigenvalue weighted by Crippen LogP contribution is 2.11. The van der Waals surface area contributed by atoms with E-state index < -0.39 is 8.56 Å². The molecular weight excluding hydrogens is 247 g/mol. The summed E-state index contributed by atoms with van der Waals surface area (Å²) in [6.07, 6.45) is 0. The van der Waals surface area contributed by atoms with E-state index in [0.29, 0.717) is 18.7 Å². The van der Waals surface area contributed by atoms with E-state index in [1.807, 2.05) is 13.8 Å². The van der Waals surface area contributed by atoms with Crippen molar-refractivity contribution in [3.63, 3.8) is 0 Å². The highest BCUT2D eigenvalue weighted by molar-refractivity contribution is 6.86. The fourth-order valence-corrected chi connectivity index (χ4v) is 4.79. The maximum Gasteiger partial charge on any atom is 0.387 e. The highest BCUT2D eigenvalue weighted by atomic mass is 35.5. The Bertz CT molecular complexity index is 312. The molecule has 0 atom stereocenters. The standard InChI is InChI=1S/C11H16ClFO2Si/c1-3-14-16(9-12,15-4-2)11-7-5-10(13)6-8-11/h5-8H,3-4,9H2,1-2H3. The molecular formula is C11H16ClFO2Si. The summed E-state index contributed by atoms with van der Waals surface area (Å²) in [5.74, 6) is -0.269. The van der Waals surface area contributed by atoms with Gasteiger partial charge in [0.25, 0.3) is 0 Å². The van der Waals surface area contributed by atoms with Gasteiger partial charge in [0.05, 0.1) is 5.50 Å². The van der Waals surface area contributed by atoms with Crippen LogP contribution >= 0.6 is 11.6 Å². The van der Waals surface area contributed by atoms with Gasteiger partial charge in [-0.2, -0.15) is 0 Å². The maximum absolute atomic E-state index is 12.9. The molecule has 0 spiro atoms. The Morgan fingerprint density at radius 2 is 1.62 bits per heavy atom. The van der Waals surface area contributed by atoms with Crippen molar-refractivity contribution >= 4 is 25.3 Å². The number of hydrogen-bond acceptors (Lipinski definition) is 2. The molecule has 2 nitrogen and oxygen atoms in total. The Morgan fingerprint density at radius 3 is 2.00 bits per heavy atom. The molecule has 0 N–H and O–H groups in total. The molecule has 5 heteroatoms. The minimum absolute atomic E-state index is 0.269. The van der Waals surface area contributed by atoms with Crippen molar-refractivity contribution in [1.82, 2.24) is 0 Å². The van der Waals surface area contributed by atoms with Crippen LogP contribution in [0.15, 0.2) is 24.3 Å². The second-order valence-electron chi connectivity index (χ2n) is 3.26. The minimum Gasteiger partial charge on any atom is -0.391 e. The normalized spacial score (nSPS) is 11.8. The lowest BCUT2D eigenvalue weighted by Gasteiger charge is -2.28. The molecule has 0 saturated carbocycles. The number of hydrogen-bond donors (Lipinski definition) is 0. The second-order valence-corrected chi connectivity index (χ2v) is 6.99. The van der Waals surface area contributed by atoms with Crippen LogP contribution in [0.3, 0.4) is 0 Å². The average molecular weight is 263 g/mol. The van der Waals surface area contributed by atoms with Crippen LogP contribution in [0, 0.1) is 5.82 Å². The van der Waals surface area contributed by atoms with E-state index in [9.17, 15) is 4.39 Å². The average Bonchev–Trinajstić information content (AvgIpc) is 2.29. The predicted molar refractivity (Wildman–Crippen MR) is 65.8 cm³/mol. The first kappa shape index (κ1) is 13.6. The first-order valence-electron chi connectivity index (χ1n) is 5.28. The van der Waals surface area contributed by atoms with Crippen molar-refractivity contribution < 1.29 is 13.2 Å². The van der Waals surface area contributed by atoms with Crippen LogP contribution in [0.5, 0.6) is 0 Å². The molecule has 16 heavy (non-hydrogen) atoms. The van der Waals surface area contributed by atoms with Crippen molar-refractivity contribution in [3.8, 4) is 0 Å². The largest absolute Gasteiger partial charge is 0.391 e. The molecule has 90 valence electrons. The van der Waals surface area contributed by atoms with Gasteiger partial charge in [0, 0.05) is 13.2 Å². The van der Waals surface area contributed by atoms with Gasteiger partial charge in [-0.1, -0.05) is 12.1 Å². The fraction of sp³-hybridized carbons (Fsp3) is 0.455. The fourth-order valence-electron chi connectivity index (χ4n) is 1.53. The van der Waals surface area contributed by atoms with E-state index in [1.165, 1.54) is 12.1 Å². The Balaban J connectivity index is 3.02. The van der Waals surface area contributed by atoms with E-state index in [-0.39, 0.29) is 5.82 Å². The van der Waals surface area contributed by atoms with Crippen molar-refractivity contribution in [3.05, 3.63) is 30.1 Å². The summed E-state index contributed by atoms with van der Waals surface area (Å²) in [5.41, 5.74) is 0.306. The van der Waals surface area contributed by atoms with E-state index in [2.05, 4.69) is 0 Å². The lowest BCUT2D eigenvalue weighted by Crippen LogP contribution is -2.56. The van der Waals surface area contributed by atoms with Gasteiger partial charge in [0.2, 0.25) is 0 Å². The topological polar surface area (TPSA) is 18.5 Å². The number of halogens is 2. The van der Waals surface area contributed by atoms with Gasteiger partial charge < -0.3 is 8.85 Å². The molecule has 1 rings (SSSR count). The Hall–Kier alpha value is -0.423. The van der Waals surface area contributed by atoms with Crippen LogP contribution in [0.2, 0.25) is 0 Å². The molecule has 0 aliphatic carbocycles. The van der Waals surface area contributed by atoms with E-state index in [0.717, 1.165) is 5.19 Å². The molecule has 1 aromatic carbocycles. The van der Waals surface area contributed by atoms with E-state index >= 15 is 0 Å². The van der Waals surface area contributed by atoms with Crippen molar-refractivity contribution in [2.45, 2.75) is 13.8 Å². The SMILES string of the molecule is CCO[Si](CCl)(OCC)c1ccc(F)cc1. The summed E-state index contributed by atoms with van der Waals surface area (Å²) < 4.78 is 24.3. The molecule has 0 aromatic heterocycles. The molecule has 0 unspecified atom stereocenters. The van der Waals surface area contributed by atoms with Gasteiger partial charge in [-0.3, -0.25) is 0 Å². The quantitative estimate of drug-likeness (QED) is 0.579. The summed E-state index contributed by atoms with van der Waals surface area (Å²) >= 11 is 5.97. The first-order valence-corrected chi connectivity index (χ1v) is 7.84. The Kier molecular flexibility index (Phi) is 5.41. The van der Waals surface area contributed by atoms with Crippen molar-refractivity contribution in [2.24, 2.45) is 0 Å². The summed E-state index contributed by atoms with van der Waals surface area (Å²) in [6.45, 7) is 4.88. The van der Waals surface area contributed by atoms with Crippen LogP contribution in [0.4, 0.5) is 4.39 Å². The van der Waals surface area contributed by atoms with Crippen LogP contribution in [0.25, 0.3) is 0 Å². The van der Waals surface area contributed by atoms with Crippen LogP contribution < -0.4 is 5.19 Å². The number of alkyl halides is 1. The summed E-state index contributed by atoms with van der Waals surface area (Å²) in [5, 5.41) is 0.868. The van der Waals surface area contributed by atoms with Gasteiger partial charge in [-0.15, -0.1) is 11.6 Å². The number of benzene rings is 1. The van der Waals surface area contributed by atoms with Gasteiger partial charge in [0.1, 0.15) is 5.82 Å². The van der Waals surface area contributed by atoms with Gasteiger partial charge in [0.15, 0.2) is 0 Å². The highest BCUT2D eigenvalue weighted by Gasteiger charge is 2.38. The Labute approximate surface area is 102 Å². The molecule has 0 aliphatic heterocycles. The molecule has 0 fully saturated rings. The van der Waals surface area contributed by atoms with Gasteiger partial charge >= 0.3 is 8.56 Å². The predicted octanol–water partition coefficient (Wildman–Crippen LogP) is 2.33. The van der Waals surface area contributed by atoms with Gasteiger partial charge in [-0.05, 0) is 31.2 Å². The zero-order valence-electron chi connectivity index (χ0n) is 9.50.